The predicted octanol–water partition coefficient (Wildman–Crippen LogP) is 4.44. The molecule has 0 spiro atoms. The number of hydrogen-bond acceptors (Lipinski definition) is 3. The van der Waals surface area contributed by atoms with Crippen molar-refractivity contribution in [2.75, 3.05) is 0 Å². The second-order valence-corrected chi connectivity index (χ2v) is 6.29. The zero-order valence-corrected chi connectivity index (χ0v) is 12.9. The summed E-state index contributed by atoms with van der Waals surface area (Å²) in [5.74, 6) is 0. The highest BCUT2D eigenvalue weighted by molar-refractivity contribution is 9.10. The third-order valence-electron chi connectivity index (χ3n) is 2.90. The minimum Gasteiger partial charge on any atom is -0.331 e. The molecule has 0 aliphatic heterocycles. The lowest BCUT2D eigenvalue weighted by Crippen LogP contribution is -1.98. The fourth-order valence-corrected chi connectivity index (χ4v) is 3.70. The van der Waals surface area contributed by atoms with Crippen molar-refractivity contribution >= 4 is 50.5 Å². The van der Waals surface area contributed by atoms with Crippen molar-refractivity contribution in [1.29, 1.82) is 5.26 Å². The molecule has 0 atom stereocenters. The second kappa shape index (κ2) is 4.93. The van der Waals surface area contributed by atoms with Crippen LogP contribution in [0.25, 0.3) is 11.0 Å². The maximum absolute atomic E-state index is 8.99. The van der Waals surface area contributed by atoms with Crippen molar-refractivity contribution in [1.82, 2.24) is 9.55 Å². The second-order valence-electron chi connectivity index (χ2n) is 4.05. The first-order valence-electron chi connectivity index (χ1n) is 5.53. The molecule has 0 saturated carbocycles. The van der Waals surface area contributed by atoms with Gasteiger partial charge in [-0.2, -0.15) is 5.26 Å². The molecule has 3 rings (SSSR count). The first-order chi connectivity index (χ1) is 9.19. The molecule has 0 radical (unpaired) electrons. The molecule has 2 aromatic heterocycles. The molecular formula is C13H8BrN3S2. The first kappa shape index (κ1) is 12.6. The number of aromatic amines is 1. The summed E-state index contributed by atoms with van der Waals surface area (Å²) in [6, 6.07) is 9.73. The molecule has 6 heteroatoms. The Kier molecular flexibility index (Phi) is 3.27. The van der Waals surface area contributed by atoms with Gasteiger partial charge in [0.2, 0.25) is 0 Å². The number of nitrogens with zero attached hydrogens (tertiary/aromatic N) is 2. The van der Waals surface area contributed by atoms with Crippen molar-refractivity contribution in [2.45, 2.75) is 6.54 Å². The van der Waals surface area contributed by atoms with E-state index in [2.05, 4.69) is 27.0 Å². The Bertz CT molecular complexity index is 851. The Hall–Kier alpha value is -1.42. The lowest BCUT2D eigenvalue weighted by atomic mass is 10.2. The fraction of sp³-hybridized carbons (Fsp3) is 0.0769. The Labute approximate surface area is 127 Å². The van der Waals surface area contributed by atoms with E-state index in [0.717, 1.165) is 15.5 Å². The molecular weight excluding hydrogens is 342 g/mol. The first-order valence-corrected chi connectivity index (χ1v) is 7.61. The number of nitrogens with one attached hydrogen (secondary N) is 1. The molecule has 0 aliphatic rings. The van der Waals surface area contributed by atoms with E-state index in [0.29, 0.717) is 16.9 Å². The van der Waals surface area contributed by atoms with Gasteiger partial charge in [-0.1, -0.05) is 0 Å². The van der Waals surface area contributed by atoms with Gasteiger partial charge in [0, 0.05) is 9.35 Å². The predicted molar refractivity (Wildman–Crippen MR) is 83.0 cm³/mol. The standard InChI is InChI=1S/C13H8BrN3S2/c14-9-3-4-19-12(9)7-17-11-5-8(6-15)1-2-10(11)16-13(17)18/h1-5H,7H2,(H,16,18). The number of halogens is 1. The molecule has 0 aliphatic carbocycles. The molecule has 1 N–H and O–H groups in total. The lowest BCUT2D eigenvalue weighted by Gasteiger charge is -2.03. The molecule has 0 unspecified atom stereocenters. The molecule has 0 saturated heterocycles. The molecule has 2 heterocycles. The van der Waals surface area contributed by atoms with Crippen molar-refractivity contribution < 1.29 is 0 Å². The van der Waals surface area contributed by atoms with Crippen LogP contribution in [-0.2, 0) is 6.54 Å². The summed E-state index contributed by atoms with van der Waals surface area (Å²) >= 11 is 10.6. The van der Waals surface area contributed by atoms with Gasteiger partial charge in [-0.15, -0.1) is 11.3 Å². The van der Waals surface area contributed by atoms with Crippen molar-refractivity contribution in [3.8, 4) is 6.07 Å². The Morgan fingerprint density at radius 1 is 1.42 bits per heavy atom. The third-order valence-corrected chi connectivity index (χ3v) is 5.13. The number of benzene rings is 1. The van der Waals surface area contributed by atoms with E-state index in [-0.39, 0.29) is 0 Å². The van der Waals surface area contributed by atoms with Gasteiger partial charge in [0.1, 0.15) is 0 Å². The monoisotopic (exact) mass is 349 g/mol. The van der Waals surface area contributed by atoms with Gasteiger partial charge >= 0.3 is 0 Å². The quantitative estimate of drug-likeness (QED) is 0.695. The molecule has 0 fully saturated rings. The number of hydrogen-bond donors (Lipinski definition) is 1. The minimum atomic E-state index is 0.639. The van der Waals surface area contributed by atoms with E-state index < -0.39 is 0 Å². The molecule has 3 nitrogen and oxygen atoms in total. The minimum absolute atomic E-state index is 0.639. The van der Waals surface area contributed by atoms with Crippen molar-refractivity contribution in [3.05, 3.63) is 49.3 Å². The van der Waals surface area contributed by atoms with E-state index in [9.17, 15) is 0 Å². The van der Waals surface area contributed by atoms with E-state index in [1.165, 1.54) is 4.88 Å². The smallest absolute Gasteiger partial charge is 0.178 e. The van der Waals surface area contributed by atoms with Gasteiger partial charge in [-0.05, 0) is 57.8 Å². The summed E-state index contributed by atoms with van der Waals surface area (Å²) in [5, 5.41) is 11.0. The number of thiophene rings is 1. The van der Waals surface area contributed by atoms with Gasteiger partial charge in [0.05, 0.1) is 29.2 Å². The zero-order chi connectivity index (χ0) is 13.4. The Morgan fingerprint density at radius 3 is 2.95 bits per heavy atom. The van der Waals surface area contributed by atoms with Crippen LogP contribution in [0.1, 0.15) is 10.4 Å². The summed E-state index contributed by atoms with van der Waals surface area (Å²) in [4.78, 5) is 4.38. The van der Waals surface area contributed by atoms with Gasteiger partial charge < -0.3 is 9.55 Å². The maximum Gasteiger partial charge on any atom is 0.178 e. The Balaban J connectivity index is 2.17. The molecule has 19 heavy (non-hydrogen) atoms. The normalized spacial score (nSPS) is 10.7. The van der Waals surface area contributed by atoms with Crippen molar-refractivity contribution in [2.24, 2.45) is 0 Å². The molecule has 3 aromatic rings. The van der Waals surface area contributed by atoms with Gasteiger partial charge in [0.15, 0.2) is 4.77 Å². The van der Waals surface area contributed by atoms with Gasteiger partial charge in [0.25, 0.3) is 0 Å². The summed E-state index contributed by atoms with van der Waals surface area (Å²) < 4.78 is 3.78. The highest BCUT2D eigenvalue weighted by Crippen LogP contribution is 2.25. The largest absolute Gasteiger partial charge is 0.331 e. The number of fused-ring (bicyclic) bond motifs is 1. The molecule has 0 bridgehead atoms. The number of nitriles is 1. The summed E-state index contributed by atoms with van der Waals surface area (Å²) in [7, 11) is 0. The van der Waals surface area contributed by atoms with Crippen LogP contribution in [0.2, 0.25) is 0 Å². The summed E-state index contributed by atoms with van der Waals surface area (Å²) in [6.07, 6.45) is 0. The highest BCUT2D eigenvalue weighted by Gasteiger charge is 2.08. The molecule has 1 aromatic carbocycles. The van der Waals surface area contributed by atoms with Crippen LogP contribution in [0.4, 0.5) is 0 Å². The van der Waals surface area contributed by atoms with Crippen LogP contribution in [0.15, 0.2) is 34.1 Å². The van der Waals surface area contributed by atoms with Gasteiger partial charge in [-0.25, -0.2) is 0 Å². The van der Waals surface area contributed by atoms with Crippen LogP contribution in [-0.4, -0.2) is 9.55 Å². The summed E-state index contributed by atoms with van der Waals surface area (Å²) in [5.41, 5.74) is 2.56. The zero-order valence-electron chi connectivity index (χ0n) is 9.68. The number of H-pyrrole nitrogens is 1. The number of aromatic nitrogens is 2. The topological polar surface area (TPSA) is 44.5 Å². The average Bonchev–Trinajstić information content (AvgIpc) is 2.94. The third kappa shape index (κ3) is 2.25. The van der Waals surface area contributed by atoms with Crippen LogP contribution >= 0.6 is 39.5 Å². The number of imidazole rings is 1. The van der Waals surface area contributed by atoms with E-state index >= 15 is 0 Å². The van der Waals surface area contributed by atoms with E-state index in [1.807, 2.05) is 28.1 Å². The summed E-state index contributed by atoms with van der Waals surface area (Å²) in [6.45, 7) is 0.700. The van der Waals surface area contributed by atoms with Crippen LogP contribution in [0.5, 0.6) is 0 Å². The van der Waals surface area contributed by atoms with Crippen LogP contribution in [0, 0.1) is 16.1 Å². The van der Waals surface area contributed by atoms with Gasteiger partial charge in [-0.3, -0.25) is 0 Å². The highest BCUT2D eigenvalue weighted by atomic mass is 79.9. The molecule has 0 amide bonds. The average molecular weight is 350 g/mol. The molecule has 94 valence electrons. The van der Waals surface area contributed by atoms with E-state index in [1.54, 1.807) is 17.4 Å². The Morgan fingerprint density at radius 2 is 2.26 bits per heavy atom. The lowest BCUT2D eigenvalue weighted by molar-refractivity contribution is 0.820. The maximum atomic E-state index is 8.99. The van der Waals surface area contributed by atoms with Crippen LogP contribution < -0.4 is 0 Å². The number of rotatable bonds is 2. The SMILES string of the molecule is N#Cc1ccc2[nH]c(=S)n(Cc3sccc3Br)c2c1. The van der Waals surface area contributed by atoms with E-state index in [4.69, 9.17) is 17.5 Å². The van der Waals surface area contributed by atoms with Crippen LogP contribution in [0.3, 0.4) is 0 Å². The van der Waals surface area contributed by atoms with Crippen molar-refractivity contribution in [3.63, 3.8) is 0 Å². The fourth-order valence-electron chi connectivity index (χ4n) is 1.96.